The van der Waals surface area contributed by atoms with Crippen molar-refractivity contribution in [2.24, 2.45) is 0 Å². The summed E-state index contributed by atoms with van der Waals surface area (Å²) in [6.07, 6.45) is 2.99. The highest BCUT2D eigenvalue weighted by Gasteiger charge is 2.26. The van der Waals surface area contributed by atoms with Crippen LogP contribution in [0.5, 0.6) is 11.5 Å². The number of benzene rings is 3. The molecule has 2 heterocycles. The van der Waals surface area contributed by atoms with Crippen LogP contribution in [0, 0.1) is 0 Å². The molecule has 0 aliphatic carbocycles. The lowest BCUT2D eigenvalue weighted by Gasteiger charge is -2.32. The number of amides is 1. The number of hydrogen-bond donors (Lipinski definition) is 1. The highest BCUT2D eigenvalue weighted by Crippen LogP contribution is 2.43. The number of ether oxygens (including phenoxy) is 2. The van der Waals surface area contributed by atoms with Crippen molar-refractivity contribution in [3.63, 3.8) is 0 Å². The van der Waals surface area contributed by atoms with E-state index in [9.17, 15) is 4.79 Å². The van der Waals surface area contributed by atoms with Crippen LogP contribution >= 0.6 is 11.8 Å². The summed E-state index contributed by atoms with van der Waals surface area (Å²) in [5.74, 6) is 1.57. The Balaban J connectivity index is 1.34. The molecule has 1 N–H and O–H groups in total. The van der Waals surface area contributed by atoms with Crippen molar-refractivity contribution >= 4 is 29.0 Å². The monoisotopic (exact) mass is 432 g/mol. The van der Waals surface area contributed by atoms with E-state index in [4.69, 9.17) is 9.47 Å². The molecule has 0 saturated heterocycles. The third kappa shape index (κ3) is 3.95. The van der Waals surface area contributed by atoms with Crippen molar-refractivity contribution in [1.82, 2.24) is 5.32 Å². The minimum absolute atomic E-state index is 0.110. The number of nitrogens with one attached hydrogen (secondary N) is 1. The van der Waals surface area contributed by atoms with Gasteiger partial charge in [0.05, 0.1) is 24.5 Å². The number of para-hydroxylation sites is 1. The largest absolute Gasteiger partial charge is 0.491 e. The van der Waals surface area contributed by atoms with Crippen LogP contribution in [0.25, 0.3) is 0 Å². The van der Waals surface area contributed by atoms with Crippen LogP contribution in [0.2, 0.25) is 0 Å². The molecule has 1 amide bonds. The molecule has 6 heteroatoms. The van der Waals surface area contributed by atoms with Gasteiger partial charge in [-0.15, -0.1) is 11.8 Å². The first kappa shape index (κ1) is 19.8. The molecule has 31 heavy (non-hydrogen) atoms. The van der Waals surface area contributed by atoms with Crippen molar-refractivity contribution in [3.05, 3.63) is 77.4 Å². The molecule has 2 aliphatic heterocycles. The number of carbonyl (C=O) groups is 1. The van der Waals surface area contributed by atoms with E-state index in [1.165, 1.54) is 10.5 Å². The minimum atomic E-state index is -0.110. The summed E-state index contributed by atoms with van der Waals surface area (Å²) in [6.45, 7) is 2.52. The van der Waals surface area contributed by atoms with E-state index in [-0.39, 0.29) is 5.91 Å². The first-order chi connectivity index (χ1) is 15.2. The summed E-state index contributed by atoms with van der Waals surface area (Å²) in [7, 11) is 0. The van der Waals surface area contributed by atoms with Crippen molar-refractivity contribution < 1.29 is 14.3 Å². The Morgan fingerprint density at radius 2 is 1.90 bits per heavy atom. The van der Waals surface area contributed by atoms with Gasteiger partial charge >= 0.3 is 0 Å². The number of anilines is 2. The van der Waals surface area contributed by atoms with Crippen molar-refractivity contribution in [1.29, 1.82) is 0 Å². The van der Waals surface area contributed by atoms with E-state index in [2.05, 4.69) is 40.5 Å². The van der Waals surface area contributed by atoms with Crippen LogP contribution in [0.15, 0.2) is 65.6 Å². The van der Waals surface area contributed by atoms with Crippen LogP contribution in [0.4, 0.5) is 11.4 Å². The maximum absolute atomic E-state index is 12.7. The molecule has 3 aromatic carbocycles. The first-order valence-electron chi connectivity index (χ1n) is 10.4. The maximum atomic E-state index is 12.7. The van der Waals surface area contributed by atoms with E-state index in [1.807, 2.05) is 36.6 Å². The summed E-state index contributed by atoms with van der Waals surface area (Å²) in [4.78, 5) is 16.2. The second-order valence-electron chi connectivity index (χ2n) is 7.58. The van der Waals surface area contributed by atoms with Gasteiger partial charge in [0.15, 0.2) is 0 Å². The van der Waals surface area contributed by atoms with Crippen LogP contribution in [0.3, 0.4) is 0 Å². The zero-order valence-corrected chi connectivity index (χ0v) is 18.2. The normalized spacial score (nSPS) is 14.3. The second-order valence-corrected chi connectivity index (χ2v) is 8.46. The zero-order valence-electron chi connectivity index (χ0n) is 17.4. The molecule has 0 aromatic heterocycles. The maximum Gasteiger partial charge on any atom is 0.251 e. The molecule has 0 saturated carbocycles. The molecule has 0 fully saturated rings. The van der Waals surface area contributed by atoms with E-state index in [0.29, 0.717) is 18.7 Å². The zero-order chi connectivity index (χ0) is 21.2. The number of hydrogen-bond acceptors (Lipinski definition) is 5. The van der Waals surface area contributed by atoms with Crippen LogP contribution < -0.4 is 19.7 Å². The minimum Gasteiger partial charge on any atom is -0.491 e. The number of carbonyl (C=O) groups excluding carboxylic acids is 1. The van der Waals surface area contributed by atoms with Crippen molar-refractivity contribution in [3.8, 4) is 11.5 Å². The molecule has 0 atom stereocenters. The molecule has 3 aromatic rings. The molecule has 2 aliphatic rings. The average molecular weight is 433 g/mol. The molecule has 0 bridgehead atoms. The second kappa shape index (κ2) is 8.55. The predicted octanol–water partition coefficient (Wildman–Crippen LogP) is 4.80. The van der Waals surface area contributed by atoms with Gasteiger partial charge in [-0.25, -0.2) is 0 Å². The fraction of sp³-hybridized carbons (Fsp3) is 0.240. The molecule has 158 valence electrons. The first-order valence-corrected chi connectivity index (χ1v) is 11.7. The van der Waals surface area contributed by atoms with Gasteiger partial charge in [0.2, 0.25) is 0 Å². The van der Waals surface area contributed by atoms with Crippen LogP contribution in [-0.4, -0.2) is 31.9 Å². The van der Waals surface area contributed by atoms with Crippen LogP contribution in [-0.2, 0) is 13.0 Å². The average Bonchev–Trinajstić information content (AvgIpc) is 3.31. The Labute approximate surface area is 186 Å². The van der Waals surface area contributed by atoms with E-state index >= 15 is 0 Å². The molecule has 0 spiro atoms. The lowest BCUT2D eigenvalue weighted by atomic mass is 10.1. The molecular weight excluding hydrogens is 408 g/mol. The summed E-state index contributed by atoms with van der Waals surface area (Å²) in [5, 5.41) is 3.00. The Hall–Kier alpha value is -3.12. The third-order valence-corrected chi connectivity index (χ3v) is 6.43. The number of fused-ring (bicyclic) bond motifs is 2. The summed E-state index contributed by atoms with van der Waals surface area (Å²) in [5.41, 5.74) is 4.93. The SMILES string of the molecule is CSc1ccc(CNC(=O)c2ccc3c(c2)OCCN3c2cccc3c2OCC3)cc1. The van der Waals surface area contributed by atoms with Gasteiger partial charge in [0, 0.05) is 23.4 Å². The molecule has 0 radical (unpaired) electrons. The van der Waals surface area contributed by atoms with Crippen molar-refractivity contribution in [2.45, 2.75) is 17.9 Å². The van der Waals surface area contributed by atoms with Gasteiger partial charge in [-0.05, 0) is 53.8 Å². The lowest BCUT2D eigenvalue weighted by Crippen LogP contribution is -2.29. The molecular formula is C25H24N2O3S. The van der Waals surface area contributed by atoms with E-state index in [1.54, 1.807) is 11.8 Å². The van der Waals surface area contributed by atoms with Gasteiger partial charge in [-0.3, -0.25) is 4.79 Å². The topological polar surface area (TPSA) is 50.8 Å². The van der Waals surface area contributed by atoms with Crippen molar-refractivity contribution in [2.75, 3.05) is 30.9 Å². The predicted molar refractivity (Wildman–Crippen MR) is 124 cm³/mol. The van der Waals surface area contributed by atoms with Gasteiger partial charge in [-0.2, -0.15) is 0 Å². The van der Waals surface area contributed by atoms with Gasteiger partial charge in [-0.1, -0.05) is 24.3 Å². The fourth-order valence-electron chi connectivity index (χ4n) is 4.05. The molecule has 5 rings (SSSR count). The summed E-state index contributed by atoms with van der Waals surface area (Å²) in [6, 6.07) is 20.2. The third-order valence-electron chi connectivity index (χ3n) is 5.68. The molecule has 5 nitrogen and oxygen atoms in total. The van der Waals surface area contributed by atoms with Gasteiger partial charge in [0.25, 0.3) is 5.91 Å². The Kier molecular flexibility index (Phi) is 5.47. The number of thioether (sulfide) groups is 1. The number of nitrogens with zero attached hydrogens (tertiary/aromatic N) is 1. The Morgan fingerprint density at radius 3 is 2.74 bits per heavy atom. The smallest absolute Gasteiger partial charge is 0.251 e. The van der Waals surface area contributed by atoms with Gasteiger partial charge in [0.1, 0.15) is 18.1 Å². The van der Waals surface area contributed by atoms with Gasteiger partial charge < -0.3 is 19.7 Å². The molecule has 0 unspecified atom stereocenters. The highest BCUT2D eigenvalue weighted by atomic mass is 32.2. The summed E-state index contributed by atoms with van der Waals surface area (Å²) >= 11 is 1.70. The van der Waals surface area contributed by atoms with Crippen LogP contribution in [0.1, 0.15) is 21.5 Å². The standard InChI is InChI=1S/C25H24N2O3S/c1-31-20-8-5-17(6-9-20)16-26-25(28)19-7-10-21-23(15-19)29-14-12-27(21)22-4-2-3-18-11-13-30-24(18)22/h2-10,15H,11-14,16H2,1H3,(H,26,28). The Morgan fingerprint density at radius 1 is 1.03 bits per heavy atom. The van der Waals surface area contributed by atoms with E-state index < -0.39 is 0 Å². The Bertz CT molecular complexity index is 1110. The van der Waals surface area contributed by atoms with E-state index in [0.717, 1.165) is 48.0 Å². The lowest BCUT2D eigenvalue weighted by molar-refractivity contribution is 0.0950. The fourth-order valence-corrected chi connectivity index (χ4v) is 4.46. The highest BCUT2D eigenvalue weighted by molar-refractivity contribution is 7.98. The quantitative estimate of drug-likeness (QED) is 0.587. The number of rotatable bonds is 5. The summed E-state index contributed by atoms with van der Waals surface area (Å²) < 4.78 is 11.8.